The Morgan fingerprint density at radius 1 is 1.67 bits per heavy atom. The molecule has 0 aromatic heterocycles. The van der Waals surface area contributed by atoms with E-state index in [-0.39, 0.29) is 0 Å². The quantitative estimate of drug-likeness (QED) is 0.377. The van der Waals surface area contributed by atoms with E-state index in [9.17, 15) is 4.79 Å². The summed E-state index contributed by atoms with van der Waals surface area (Å²) in [5, 5.41) is 0. The summed E-state index contributed by atoms with van der Waals surface area (Å²) in [4.78, 5) is 15.4. The predicted molar refractivity (Wildman–Crippen MR) is 45.5 cm³/mol. The maximum Gasteiger partial charge on any atom is 0.431 e. The number of hydrogen-bond acceptors (Lipinski definition) is 3. The van der Waals surface area contributed by atoms with E-state index in [0.29, 0.717) is 13.2 Å². The molecule has 0 aliphatic carbocycles. The molecule has 0 radical (unpaired) electrons. The maximum absolute atomic E-state index is 10.6. The van der Waals surface area contributed by atoms with Gasteiger partial charge >= 0.3 is 6.09 Å². The van der Waals surface area contributed by atoms with Crippen LogP contribution >= 0.6 is 0 Å². The van der Waals surface area contributed by atoms with Crippen molar-refractivity contribution in [2.75, 3.05) is 13.2 Å². The molecule has 0 rings (SSSR count). The van der Waals surface area contributed by atoms with Gasteiger partial charge in [-0.15, -0.1) is 6.58 Å². The van der Waals surface area contributed by atoms with Crippen molar-refractivity contribution in [1.29, 1.82) is 0 Å². The molecule has 70 valence electrons. The molecular formula is C8H15NO3. The fourth-order valence-electron chi connectivity index (χ4n) is 0.570. The minimum atomic E-state index is -0.545. The molecule has 0 saturated heterocycles. The number of ether oxygens (including phenoxy) is 1. The zero-order valence-electron chi connectivity index (χ0n) is 7.34. The summed E-state index contributed by atoms with van der Waals surface area (Å²) in [5.74, 6) is 0. The lowest BCUT2D eigenvalue weighted by molar-refractivity contribution is 0.0287. The van der Waals surface area contributed by atoms with Gasteiger partial charge < -0.3 is 4.74 Å². The molecule has 0 fully saturated rings. The summed E-state index contributed by atoms with van der Waals surface area (Å²) in [6.45, 7) is 6.11. The third-order valence-electron chi connectivity index (χ3n) is 1.09. The lowest BCUT2D eigenvalue weighted by atomic mass is 10.3. The van der Waals surface area contributed by atoms with Gasteiger partial charge in [-0.2, -0.15) is 5.48 Å². The first-order valence-corrected chi connectivity index (χ1v) is 3.96. The van der Waals surface area contributed by atoms with E-state index < -0.39 is 6.09 Å². The van der Waals surface area contributed by atoms with E-state index in [1.165, 1.54) is 0 Å². The van der Waals surface area contributed by atoms with Crippen molar-refractivity contribution in [1.82, 2.24) is 5.48 Å². The summed E-state index contributed by atoms with van der Waals surface area (Å²) in [6.07, 6.45) is 2.98. The SMILES string of the molecule is C=CCCCONC(=O)OCC. The summed E-state index contributed by atoms with van der Waals surface area (Å²) in [5.41, 5.74) is 2.15. The molecule has 0 aliphatic rings. The first kappa shape index (κ1) is 11.0. The highest BCUT2D eigenvalue weighted by Crippen LogP contribution is 1.88. The number of hydrogen-bond donors (Lipinski definition) is 1. The second-order valence-electron chi connectivity index (χ2n) is 2.10. The van der Waals surface area contributed by atoms with Crippen LogP contribution < -0.4 is 5.48 Å². The molecule has 0 unspecified atom stereocenters. The van der Waals surface area contributed by atoms with Crippen molar-refractivity contribution in [3.8, 4) is 0 Å². The van der Waals surface area contributed by atoms with Crippen LogP contribution in [-0.4, -0.2) is 19.3 Å². The van der Waals surface area contributed by atoms with Crippen molar-refractivity contribution in [2.45, 2.75) is 19.8 Å². The summed E-state index contributed by atoms with van der Waals surface area (Å²) in [6, 6.07) is 0. The zero-order chi connectivity index (χ0) is 9.23. The van der Waals surface area contributed by atoms with Crippen LogP contribution in [0.1, 0.15) is 19.8 Å². The number of rotatable bonds is 6. The third kappa shape index (κ3) is 7.08. The van der Waals surface area contributed by atoms with Crippen LogP contribution in [0, 0.1) is 0 Å². The molecule has 1 N–H and O–H groups in total. The van der Waals surface area contributed by atoms with Gasteiger partial charge in [0.05, 0.1) is 13.2 Å². The number of carbonyl (C=O) groups is 1. The van der Waals surface area contributed by atoms with Crippen LogP contribution in [0.15, 0.2) is 12.7 Å². The van der Waals surface area contributed by atoms with E-state index in [2.05, 4.69) is 16.8 Å². The highest BCUT2D eigenvalue weighted by Gasteiger charge is 1.97. The third-order valence-corrected chi connectivity index (χ3v) is 1.09. The highest BCUT2D eigenvalue weighted by molar-refractivity contribution is 5.65. The van der Waals surface area contributed by atoms with Gasteiger partial charge in [0.15, 0.2) is 0 Å². The topological polar surface area (TPSA) is 47.6 Å². The smallest absolute Gasteiger partial charge is 0.431 e. The Bertz CT molecular complexity index is 136. The second kappa shape index (κ2) is 8.07. The van der Waals surface area contributed by atoms with Gasteiger partial charge in [0.25, 0.3) is 0 Å². The Balaban J connectivity index is 3.08. The van der Waals surface area contributed by atoms with Crippen LogP contribution in [0.5, 0.6) is 0 Å². The van der Waals surface area contributed by atoms with Crippen molar-refractivity contribution in [2.24, 2.45) is 0 Å². The number of carbonyl (C=O) groups excluding carboxylic acids is 1. The van der Waals surface area contributed by atoms with Gasteiger partial charge in [0, 0.05) is 0 Å². The number of hydroxylamine groups is 1. The molecule has 0 aliphatic heterocycles. The molecule has 0 aromatic rings. The lowest BCUT2D eigenvalue weighted by Gasteiger charge is -2.04. The van der Waals surface area contributed by atoms with E-state index >= 15 is 0 Å². The largest absolute Gasteiger partial charge is 0.448 e. The first-order valence-electron chi connectivity index (χ1n) is 3.96. The average Bonchev–Trinajstić information content (AvgIpc) is 2.05. The van der Waals surface area contributed by atoms with E-state index in [1.54, 1.807) is 13.0 Å². The molecule has 0 atom stereocenters. The van der Waals surface area contributed by atoms with Crippen LogP contribution in [0.25, 0.3) is 0 Å². The van der Waals surface area contributed by atoms with Crippen LogP contribution in [-0.2, 0) is 9.57 Å². The molecule has 4 nitrogen and oxygen atoms in total. The summed E-state index contributed by atoms with van der Waals surface area (Å²) >= 11 is 0. The number of allylic oxidation sites excluding steroid dienone is 1. The van der Waals surface area contributed by atoms with Crippen molar-refractivity contribution in [3.05, 3.63) is 12.7 Å². The fraction of sp³-hybridized carbons (Fsp3) is 0.625. The molecule has 0 aromatic carbocycles. The Hall–Kier alpha value is -1.03. The minimum absolute atomic E-state index is 0.349. The predicted octanol–water partition coefficient (Wildman–Crippen LogP) is 1.63. The summed E-state index contributed by atoms with van der Waals surface area (Å²) in [7, 11) is 0. The molecule has 0 spiro atoms. The van der Waals surface area contributed by atoms with Crippen molar-refractivity contribution >= 4 is 6.09 Å². The van der Waals surface area contributed by atoms with Gasteiger partial charge in [-0.05, 0) is 19.8 Å². The Morgan fingerprint density at radius 2 is 2.42 bits per heavy atom. The van der Waals surface area contributed by atoms with E-state index in [0.717, 1.165) is 12.8 Å². The maximum atomic E-state index is 10.6. The zero-order valence-corrected chi connectivity index (χ0v) is 7.34. The van der Waals surface area contributed by atoms with Crippen molar-refractivity contribution < 1.29 is 14.4 Å². The molecular weight excluding hydrogens is 158 g/mol. The molecule has 0 saturated carbocycles. The van der Waals surface area contributed by atoms with E-state index in [1.807, 2.05) is 0 Å². The van der Waals surface area contributed by atoms with Crippen molar-refractivity contribution in [3.63, 3.8) is 0 Å². The molecule has 12 heavy (non-hydrogen) atoms. The number of unbranched alkanes of at least 4 members (excludes halogenated alkanes) is 1. The van der Waals surface area contributed by atoms with Gasteiger partial charge in [-0.25, -0.2) is 4.79 Å². The second-order valence-corrected chi connectivity index (χ2v) is 2.10. The number of nitrogens with one attached hydrogen (secondary N) is 1. The standard InChI is InChI=1S/C8H15NO3/c1-3-5-6-7-12-9-8(10)11-4-2/h3H,1,4-7H2,2H3,(H,9,10). The monoisotopic (exact) mass is 173 g/mol. The molecule has 1 amide bonds. The minimum Gasteiger partial charge on any atom is -0.448 e. The first-order chi connectivity index (χ1) is 5.81. The Kier molecular flexibility index (Phi) is 7.38. The fourth-order valence-corrected chi connectivity index (χ4v) is 0.570. The van der Waals surface area contributed by atoms with Crippen LogP contribution in [0.2, 0.25) is 0 Å². The van der Waals surface area contributed by atoms with Gasteiger partial charge in [-0.1, -0.05) is 6.08 Å². The molecule has 0 heterocycles. The van der Waals surface area contributed by atoms with Crippen LogP contribution in [0.4, 0.5) is 4.79 Å². The lowest BCUT2D eigenvalue weighted by Crippen LogP contribution is -2.24. The molecule has 4 heteroatoms. The van der Waals surface area contributed by atoms with E-state index in [4.69, 9.17) is 4.84 Å². The Morgan fingerprint density at radius 3 is 3.00 bits per heavy atom. The number of amides is 1. The normalized spacial score (nSPS) is 9.08. The highest BCUT2D eigenvalue weighted by atomic mass is 16.7. The van der Waals surface area contributed by atoms with Gasteiger partial charge in [-0.3, -0.25) is 4.84 Å². The van der Waals surface area contributed by atoms with Gasteiger partial charge in [0.2, 0.25) is 0 Å². The van der Waals surface area contributed by atoms with Crippen LogP contribution in [0.3, 0.4) is 0 Å². The summed E-state index contributed by atoms with van der Waals surface area (Å²) < 4.78 is 4.55. The Labute approximate surface area is 72.5 Å². The van der Waals surface area contributed by atoms with Gasteiger partial charge in [0.1, 0.15) is 0 Å². The average molecular weight is 173 g/mol. The molecule has 0 bridgehead atoms.